The fourth-order valence-corrected chi connectivity index (χ4v) is 4.22. The molecular formula is C25H22FN5O2. The van der Waals surface area contributed by atoms with E-state index in [0.29, 0.717) is 34.7 Å². The van der Waals surface area contributed by atoms with Crippen molar-refractivity contribution in [1.82, 2.24) is 20.0 Å². The van der Waals surface area contributed by atoms with E-state index in [-0.39, 0.29) is 22.8 Å². The van der Waals surface area contributed by atoms with Gasteiger partial charge in [-0.15, -0.1) is 0 Å². The molecule has 33 heavy (non-hydrogen) atoms. The van der Waals surface area contributed by atoms with Crippen LogP contribution in [0.5, 0.6) is 5.75 Å². The van der Waals surface area contributed by atoms with E-state index in [1.165, 1.54) is 12.1 Å². The molecule has 0 bridgehead atoms. The molecule has 0 radical (unpaired) electrons. The van der Waals surface area contributed by atoms with Crippen LogP contribution in [0.25, 0.3) is 33.2 Å². The second kappa shape index (κ2) is 7.85. The summed E-state index contributed by atoms with van der Waals surface area (Å²) in [7, 11) is 1.71. The minimum Gasteiger partial charge on any atom is -0.489 e. The highest BCUT2D eigenvalue weighted by atomic mass is 19.1. The van der Waals surface area contributed by atoms with Gasteiger partial charge in [-0.3, -0.25) is 9.48 Å². The van der Waals surface area contributed by atoms with Gasteiger partial charge in [0, 0.05) is 18.0 Å². The van der Waals surface area contributed by atoms with Gasteiger partial charge in [-0.25, -0.2) is 9.49 Å². The molecule has 4 aromatic rings. The van der Waals surface area contributed by atoms with E-state index in [1.54, 1.807) is 30.1 Å². The van der Waals surface area contributed by atoms with Gasteiger partial charge in [0.2, 0.25) is 0 Å². The van der Waals surface area contributed by atoms with Gasteiger partial charge in [0.05, 0.1) is 28.5 Å². The third kappa shape index (κ3) is 3.46. The molecule has 2 atom stereocenters. The number of aromatic nitrogens is 4. The monoisotopic (exact) mass is 443 g/mol. The average Bonchev–Trinajstić information content (AvgIpc) is 3.38. The molecule has 1 aliphatic rings. The van der Waals surface area contributed by atoms with Crippen LogP contribution >= 0.6 is 0 Å². The number of fused-ring (bicyclic) bond motifs is 1. The van der Waals surface area contributed by atoms with E-state index in [2.05, 4.69) is 28.3 Å². The zero-order chi connectivity index (χ0) is 23.3. The van der Waals surface area contributed by atoms with Crippen molar-refractivity contribution < 1.29 is 9.13 Å². The third-order valence-corrected chi connectivity index (χ3v) is 6.23. The predicted octanol–water partition coefficient (Wildman–Crippen LogP) is 4.35. The number of ether oxygens (including phenoxy) is 1. The molecule has 8 heteroatoms. The second-order valence-electron chi connectivity index (χ2n) is 8.42. The maximum atomic E-state index is 15.2. The van der Waals surface area contributed by atoms with Crippen molar-refractivity contribution in [2.45, 2.75) is 32.8 Å². The molecule has 2 aromatic carbocycles. The number of benzene rings is 2. The van der Waals surface area contributed by atoms with E-state index in [4.69, 9.17) is 4.74 Å². The zero-order valence-electron chi connectivity index (χ0n) is 18.5. The normalized spacial score (nSPS) is 17.2. The highest BCUT2D eigenvalue weighted by Crippen LogP contribution is 2.41. The summed E-state index contributed by atoms with van der Waals surface area (Å²) in [5.74, 6) is 0.262. The lowest BCUT2D eigenvalue weighted by Gasteiger charge is -2.14. The molecule has 0 amide bonds. The Labute approximate surface area is 189 Å². The van der Waals surface area contributed by atoms with Crippen molar-refractivity contribution in [3.63, 3.8) is 0 Å². The van der Waals surface area contributed by atoms with E-state index >= 15 is 4.39 Å². The molecule has 2 heterocycles. The van der Waals surface area contributed by atoms with Crippen LogP contribution in [0.2, 0.25) is 0 Å². The Balaban J connectivity index is 1.71. The quantitative estimate of drug-likeness (QED) is 0.495. The van der Waals surface area contributed by atoms with Gasteiger partial charge in [-0.2, -0.15) is 15.5 Å². The molecule has 0 saturated heterocycles. The van der Waals surface area contributed by atoms with Crippen molar-refractivity contribution in [3.8, 4) is 34.2 Å². The first-order valence-electron chi connectivity index (χ1n) is 10.9. The zero-order valence-corrected chi connectivity index (χ0v) is 18.5. The van der Waals surface area contributed by atoms with Crippen LogP contribution < -0.4 is 10.3 Å². The minimum atomic E-state index is -0.527. The Kier molecular flexibility index (Phi) is 4.97. The Morgan fingerprint density at radius 1 is 1.30 bits per heavy atom. The standard InChI is InChI=1S/C25H22FN5O2/c1-4-20-16-10-14(5-6-15(16)25(32)30-29-20)18-12-28-31(3)24(18)23-17(11-27)21(8-7-19(23)26)33-22-9-13(22)2/h5-8,10,12-13,22H,4,9H2,1-3H3,(H,30,32)/t13-,22-/m0/s1. The summed E-state index contributed by atoms with van der Waals surface area (Å²) in [6, 6.07) is 10.4. The molecule has 1 aliphatic carbocycles. The molecule has 0 unspecified atom stereocenters. The second-order valence-corrected chi connectivity index (χ2v) is 8.42. The molecule has 2 aromatic heterocycles. The number of nitriles is 1. The summed E-state index contributed by atoms with van der Waals surface area (Å²) in [6.07, 6.45) is 3.24. The molecule has 1 N–H and O–H groups in total. The van der Waals surface area contributed by atoms with E-state index < -0.39 is 5.82 Å². The van der Waals surface area contributed by atoms with Gasteiger partial charge in [0.15, 0.2) is 0 Å². The lowest BCUT2D eigenvalue weighted by Crippen LogP contribution is -2.10. The number of aromatic amines is 1. The first-order valence-corrected chi connectivity index (χ1v) is 10.9. The summed E-state index contributed by atoms with van der Waals surface area (Å²) in [5, 5.41) is 22.3. The SMILES string of the molecule is CCc1n[nH]c(=O)c2ccc(-c3cnn(C)c3-c3c(F)ccc(O[C@H]4C[C@@H]4C)c3C#N)cc12. The van der Waals surface area contributed by atoms with Crippen LogP contribution in [0, 0.1) is 23.1 Å². The lowest BCUT2D eigenvalue weighted by molar-refractivity contribution is 0.287. The molecule has 7 nitrogen and oxygen atoms in total. The number of aryl methyl sites for hydroxylation is 2. The summed E-state index contributed by atoms with van der Waals surface area (Å²) in [4.78, 5) is 12.2. The van der Waals surface area contributed by atoms with E-state index in [1.807, 2.05) is 13.0 Å². The maximum absolute atomic E-state index is 15.2. The fraction of sp³-hybridized carbons (Fsp3) is 0.280. The number of nitrogens with zero attached hydrogens (tertiary/aromatic N) is 4. The first kappa shape index (κ1) is 20.9. The van der Waals surface area contributed by atoms with Crippen molar-refractivity contribution in [3.05, 3.63) is 64.0 Å². The van der Waals surface area contributed by atoms with Gasteiger partial charge in [0.1, 0.15) is 29.3 Å². The summed E-state index contributed by atoms with van der Waals surface area (Å²) in [5.41, 5.74) is 2.65. The molecular weight excluding hydrogens is 421 g/mol. The van der Waals surface area contributed by atoms with E-state index in [9.17, 15) is 10.1 Å². The number of hydrogen-bond donors (Lipinski definition) is 1. The Hall–Kier alpha value is -3.99. The van der Waals surface area contributed by atoms with E-state index in [0.717, 1.165) is 23.1 Å². The average molecular weight is 443 g/mol. The predicted molar refractivity (Wildman–Crippen MR) is 122 cm³/mol. The van der Waals surface area contributed by atoms with Crippen LogP contribution in [-0.2, 0) is 13.5 Å². The third-order valence-electron chi connectivity index (χ3n) is 6.23. The summed E-state index contributed by atoms with van der Waals surface area (Å²) < 4.78 is 22.7. The molecule has 166 valence electrons. The molecule has 1 saturated carbocycles. The number of halogens is 1. The summed E-state index contributed by atoms with van der Waals surface area (Å²) in [6.45, 7) is 4.04. The lowest BCUT2D eigenvalue weighted by atomic mass is 9.95. The molecule has 0 spiro atoms. The Morgan fingerprint density at radius 3 is 2.79 bits per heavy atom. The maximum Gasteiger partial charge on any atom is 0.272 e. The Morgan fingerprint density at radius 2 is 2.09 bits per heavy atom. The fourth-order valence-electron chi connectivity index (χ4n) is 4.22. The highest BCUT2D eigenvalue weighted by molar-refractivity contribution is 5.92. The number of nitrogens with one attached hydrogen (secondary N) is 1. The van der Waals surface area contributed by atoms with Gasteiger partial charge < -0.3 is 4.74 Å². The van der Waals surface area contributed by atoms with Crippen molar-refractivity contribution in [1.29, 1.82) is 5.26 Å². The minimum absolute atomic E-state index is 0.0416. The van der Waals surface area contributed by atoms with Gasteiger partial charge in [0.25, 0.3) is 5.56 Å². The van der Waals surface area contributed by atoms with Crippen molar-refractivity contribution in [2.24, 2.45) is 13.0 Å². The molecule has 0 aliphatic heterocycles. The largest absolute Gasteiger partial charge is 0.489 e. The summed E-state index contributed by atoms with van der Waals surface area (Å²) >= 11 is 0. The smallest absolute Gasteiger partial charge is 0.272 e. The van der Waals surface area contributed by atoms with Crippen LogP contribution in [0.15, 0.2) is 41.3 Å². The first-order chi connectivity index (χ1) is 15.9. The number of hydrogen-bond acceptors (Lipinski definition) is 5. The van der Waals surface area contributed by atoms with Crippen LogP contribution in [-0.4, -0.2) is 26.1 Å². The Bertz CT molecular complexity index is 1500. The van der Waals surface area contributed by atoms with Crippen LogP contribution in [0.4, 0.5) is 4.39 Å². The number of H-pyrrole nitrogens is 1. The molecule has 1 fully saturated rings. The van der Waals surface area contributed by atoms with Crippen LogP contribution in [0.1, 0.15) is 31.5 Å². The van der Waals surface area contributed by atoms with Gasteiger partial charge >= 0.3 is 0 Å². The number of rotatable bonds is 5. The van der Waals surface area contributed by atoms with Crippen molar-refractivity contribution in [2.75, 3.05) is 0 Å². The van der Waals surface area contributed by atoms with Gasteiger partial charge in [-0.1, -0.05) is 19.9 Å². The molecule has 5 rings (SSSR count). The topological polar surface area (TPSA) is 96.6 Å². The van der Waals surface area contributed by atoms with Crippen molar-refractivity contribution >= 4 is 10.8 Å². The highest BCUT2D eigenvalue weighted by Gasteiger charge is 2.36. The van der Waals surface area contributed by atoms with Crippen LogP contribution in [0.3, 0.4) is 0 Å². The van der Waals surface area contributed by atoms with Gasteiger partial charge in [-0.05, 0) is 48.6 Å².